The van der Waals surface area contributed by atoms with Crippen LogP contribution in [0.2, 0.25) is 0 Å². The molecule has 3 rings (SSSR count). The zero-order valence-electron chi connectivity index (χ0n) is 15.3. The van der Waals surface area contributed by atoms with Crippen LogP contribution in [-0.4, -0.2) is 33.4 Å². The fourth-order valence-corrected chi connectivity index (χ4v) is 3.27. The number of alkyl halides is 2. The van der Waals surface area contributed by atoms with Crippen LogP contribution < -0.4 is 5.73 Å². The number of thiophene rings is 1. The summed E-state index contributed by atoms with van der Waals surface area (Å²) in [5.74, 6) is -6.35. The van der Waals surface area contributed by atoms with Crippen LogP contribution in [0.1, 0.15) is 20.1 Å². The average molecular weight is 427 g/mol. The number of hydrogen-bond donors (Lipinski definition) is 4. The summed E-state index contributed by atoms with van der Waals surface area (Å²) in [5, 5.41) is 25.1. The molecule has 10 heteroatoms. The molecule has 0 radical (unpaired) electrons. The number of aliphatic imine (C=N–C) groups is 1. The second-order valence-electron chi connectivity index (χ2n) is 6.08. The lowest BCUT2D eigenvalue weighted by Crippen LogP contribution is -2.34. The number of carboxylic acids is 1. The van der Waals surface area contributed by atoms with Crippen LogP contribution in [0.15, 0.2) is 65.8 Å². The summed E-state index contributed by atoms with van der Waals surface area (Å²) in [4.78, 5) is 18.8. The average Bonchev–Trinajstić information content (AvgIpc) is 3.22. The van der Waals surface area contributed by atoms with E-state index >= 15 is 0 Å². The molecule has 0 aliphatic carbocycles. The number of fused-ring (bicyclic) bond motifs is 1. The predicted molar refractivity (Wildman–Crippen MR) is 112 cm³/mol. The molecule has 0 aliphatic rings. The summed E-state index contributed by atoms with van der Waals surface area (Å²) in [6.07, 6.45) is 3.76. The normalized spacial score (nSPS) is 12.4. The minimum Gasteiger partial charge on any atom is -0.477 e. The van der Waals surface area contributed by atoms with Crippen molar-refractivity contribution >= 4 is 45.6 Å². The smallest absolute Gasteiger partial charge is 0.345 e. The predicted octanol–water partition coefficient (Wildman–Crippen LogP) is 4.05. The number of aromatic carboxylic acids is 1. The van der Waals surface area contributed by atoms with E-state index in [9.17, 15) is 13.6 Å². The molecule has 3 aromatic rings. The minimum absolute atomic E-state index is 0.0609. The third-order valence-electron chi connectivity index (χ3n) is 4.02. The van der Waals surface area contributed by atoms with Gasteiger partial charge in [-0.3, -0.25) is 15.8 Å². The monoisotopic (exact) mass is 427 g/mol. The zero-order chi connectivity index (χ0) is 21.9. The summed E-state index contributed by atoms with van der Waals surface area (Å²) in [6, 6.07) is 9.98. The van der Waals surface area contributed by atoms with Gasteiger partial charge in [-0.05, 0) is 42.5 Å². The van der Waals surface area contributed by atoms with Gasteiger partial charge in [0.1, 0.15) is 10.7 Å². The molecule has 0 saturated carbocycles. The molecule has 0 bridgehead atoms. The fraction of sp³-hybridized carbons (Fsp3) is 0.0500. The Morgan fingerprint density at radius 2 is 1.90 bits per heavy atom. The van der Waals surface area contributed by atoms with E-state index in [2.05, 4.69) is 9.98 Å². The van der Waals surface area contributed by atoms with E-state index in [1.807, 2.05) is 0 Å². The van der Waals surface area contributed by atoms with Crippen molar-refractivity contribution in [2.75, 3.05) is 0 Å². The van der Waals surface area contributed by atoms with Gasteiger partial charge in [-0.25, -0.2) is 9.79 Å². The molecule has 2 heterocycles. The number of pyridine rings is 1. The van der Waals surface area contributed by atoms with Gasteiger partial charge in [0.2, 0.25) is 0 Å². The number of allylic oxidation sites excluding steroid dienone is 1. The van der Waals surface area contributed by atoms with Crippen molar-refractivity contribution in [1.82, 2.24) is 4.98 Å². The first-order valence-corrected chi connectivity index (χ1v) is 9.26. The number of rotatable bonds is 6. The Morgan fingerprint density at radius 3 is 2.60 bits per heavy atom. The molecule has 0 aliphatic heterocycles. The van der Waals surface area contributed by atoms with Crippen molar-refractivity contribution in [3.8, 4) is 0 Å². The van der Waals surface area contributed by atoms with Crippen molar-refractivity contribution in [1.29, 1.82) is 10.8 Å². The Balaban J connectivity index is 1.76. The molecule has 1 aromatic carbocycles. The Hall–Kier alpha value is -3.79. The molecule has 0 spiro atoms. The molecule has 0 fully saturated rings. The highest BCUT2D eigenvalue weighted by atomic mass is 32.1. The maximum absolute atomic E-state index is 14.7. The maximum Gasteiger partial charge on any atom is 0.345 e. The van der Waals surface area contributed by atoms with Gasteiger partial charge in [-0.1, -0.05) is 12.1 Å². The van der Waals surface area contributed by atoms with E-state index in [1.54, 1.807) is 18.3 Å². The van der Waals surface area contributed by atoms with E-state index in [4.69, 9.17) is 21.7 Å². The van der Waals surface area contributed by atoms with E-state index < -0.39 is 23.6 Å². The van der Waals surface area contributed by atoms with Crippen LogP contribution in [0.4, 0.5) is 8.78 Å². The molecule has 30 heavy (non-hydrogen) atoms. The summed E-state index contributed by atoms with van der Waals surface area (Å²) in [5.41, 5.74) is 5.57. The van der Waals surface area contributed by atoms with Crippen molar-refractivity contribution in [2.45, 2.75) is 5.92 Å². The van der Waals surface area contributed by atoms with Gasteiger partial charge >= 0.3 is 11.9 Å². The lowest BCUT2D eigenvalue weighted by atomic mass is 10.0. The van der Waals surface area contributed by atoms with Gasteiger partial charge in [0.15, 0.2) is 5.84 Å². The molecule has 0 saturated heterocycles. The summed E-state index contributed by atoms with van der Waals surface area (Å²) in [6.45, 7) is 0. The SMILES string of the molecule is N=C(/C=C\C(=N)c1ccc(C(=O)O)s1)N=C(N)C(F)(F)c1ccc2ncccc2c1. The van der Waals surface area contributed by atoms with Crippen LogP contribution in [-0.2, 0) is 5.92 Å². The highest BCUT2D eigenvalue weighted by Gasteiger charge is 2.37. The molecule has 152 valence electrons. The quantitative estimate of drug-likeness (QED) is 0.348. The van der Waals surface area contributed by atoms with Gasteiger partial charge in [-0.15, -0.1) is 11.3 Å². The summed E-state index contributed by atoms with van der Waals surface area (Å²) in [7, 11) is 0. The fourth-order valence-electron chi connectivity index (χ4n) is 2.50. The largest absolute Gasteiger partial charge is 0.477 e. The molecule has 5 N–H and O–H groups in total. The number of benzene rings is 1. The van der Waals surface area contributed by atoms with Crippen molar-refractivity contribution in [3.05, 3.63) is 76.1 Å². The number of carboxylic acid groups (broad SMARTS) is 1. The van der Waals surface area contributed by atoms with Gasteiger partial charge < -0.3 is 10.8 Å². The topological polar surface area (TPSA) is 136 Å². The van der Waals surface area contributed by atoms with Crippen LogP contribution in [0.25, 0.3) is 10.9 Å². The number of carbonyl (C=O) groups is 1. The summed E-state index contributed by atoms with van der Waals surface area (Å²) >= 11 is 0.886. The zero-order valence-corrected chi connectivity index (χ0v) is 16.1. The van der Waals surface area contributed by atoms with E-state index in [0.717, 1.165) is 23.5 Å². The minimum atomic E-state index is -3.61. The Bertz CT molecular complexity index is 1220. The van der Waals surface area contributed by atoms with Crippen LogP contribution >= 0.6 is 11.3 Å². The van der Waals surface area contributed by atoms with Crippen LogP contribution in [0.5, 0.6) is 0 Å². The number of nitrogens with one attached hydrogen (secondary N) is 2. The second-order valence-corrected chi connectivity index (χ2v) is 7.17. The number of hydrogen-bond acceptors (Lipinski definition) is 5. The second kappa shape index (κ2) is 8.29. The van der Waals surface area contributed by atoms with Crippen LogP contribution in [0, 0.1) is 10.8 Å². The van der Waals surface area contributed by atoms with Gasteiger partial charge in [0, 0.05) is 17.1 Å². The molecule has 0 amide bonds. The maximum atomic E-state index is 14.7. The Kier molecular flexibility index (Phi) is 5.79. The highest BCUT2D eigenvalue weighted by molar-refractivity contribution is 7.16. The first kappa shape index (κ1) is 20.9. The van der Waals surface area contributed by atoms with Crippen molar-refractivity contribution in [3.63, 3.8) is 0 Å². The van der Waals surface area contributed by atoms with Crippen molar-refractivity contribution in [2.24, 2.45) is 10.7 Å². The third-order valence-corrected chi connectivity index (χ3v) is 5.12. The van der Waals surface area contributed by atoms with E-state index in [1.165, 1.54) is 30.3 Å². The van der Waals surface area contributed by atoms with E-state index in [0.29, 0.717) is 15.8 Å². The standard InChI is InChI=1S/C20H15F2N5O2S/c21-20(22,12-3-5-14-11(10-12)2-1-9-26-14)19(25)27-17(24)8-4-13(23)15-6-7-16(30-15)18(28)29/h1-10,23H,(H,28,29)(H3,24,25,27)/b8-4-,23-13?. The first-order valence-electron chi connectivity index (χ1n) is 8.45. The Labute approximate surface area is 173 Å². The number of amidine groups is 2. The molecule has 0 atom stereocenters. The highest BCUT2D eigenvalue weighted by Crippen LogP contribution is 2.30. The van der Waals surface area contributed by atoms with Crippen molar-refractivity contribution < 1.29 is 18.7 Å². The molecule has 0 unspecified atom stereocenters. The number of nitrogens with two attached hydrogens (primary N) is 1. The number of halogens is 2. The van der Waals surface area contributed by atoms with Gasteiger partial charge in [0.25, 0.3) is 0 Å². The van der Waals surface area contributed by atoms with E-state index in [-0.39, 0.29) is 16.2 Å². The van der Waals surface area contributed by atoms with Gasteiger partial charge in [-0.2, -0.15) is 8.78 Å². The lowest BCUT2D eigenvalue weighted by Gasteiger charge is -2.16. The lowest BCUT2D eigenvalue weighted by molar-refractivity contribution is 0.0701. The Morgan fingerprint density at radius 1 is 1.17 bits per heavy atom. The number of aromatic nitrogens is 1. The molecule has 7 nitrogen and oxygen atoms in total. The third kappa shape index (κ3) is 4.44. The van der Waals surface area contributed by atoms with Gasteiger partial charge in [0.05, 0.1) is 16.1 Å². The van der Waals surface area contributed by atoms with Crippen LogP contribution in [0.3, 0.4) is 0 Å². The summed E-state index contributed by atoms with van der Waals surface area (Å²) < 4.78 is 29.4. The number of nitrogens with zero attached hydrogens (tertiary/aromatic N) is 2. The molecular formula is C20H15F2N5O2S. The molecular weight excluding hydrogens is 412 g/mol. The first-order chi connectivity index (χ1) is 14.2. The molecule has 2 aromatic heterocycles.